The van der Waals surface area contributed by atoms with Gasteiger partial charge in [0.15, 0.2) is 0 Å². The Balaban J connectivity index is 1.93. The summed E-state index contributed by atoms with van der Waals surface area (Å²) < 4.78 is 7.16. The molecule has 0 bridgehead atoms. The molecule has 6 heteroatoms. The molecule has 1 aromatic heterocycles. The number of nitrogens with zero attached hydrogens (tertiary/aromatic N) is 2. The first kappa shape index (κ1) is 16.4. The zero-order valence-electron chi connectivity index (χ0n) is 12.5. The second-order valence-corrected chi connectivity index (χ2v) is 5.49. The molecule has 118 valence electrons. The maximum atomic E-state index is 8.89. The number of halogens is 1. The highest BCUT2D eigenvalue weighted by Gasteiger charge is 2.07. The molecule has 0 fully saturated rings. The van der Waals surface area contributed by atoms with Gasteiger partial charge in [-0.3, -0.25) is 4.68 Å². The second-order valence-electron chi connectivity index (χ2n) is 4.96. The number of hydrogen-bond donors (Lipinski definition) is 2. The highest BCUT2D eigenvalue weighted by molar-refractivity contribution is 6.29. The normalized spacial score (nSPS) is 12.0. The van der Waals surface area contributed by atoms with Gasteiger partial charge in [-0.15, -0.1) is 0 Å². The highest BCUT2D eigenvalue weighted by Crippen LogP contribution is 2.21. The summed E-state index contributed by atoms with van der Waals surface area (Å²) in [4.78, 5) is 0. The molecular formula is C16H20ClN3O2. The highest BCUT2D eigenvalue weighted by atomic mass is 35.5. The van der Waals surface area contributed by atoms with E-state index in [1.807, 2.05) is 30.5 Å². The number of nitrogens with one attached hydrogen (secondary N) is 1. The van der Waals surface area contributed by atoms with Crippen LogP contribution in [-0.4, -0.2) is 28.1 Å². The van der Waals surface area contributed by atoms with Crippen LogP contribution in [0.3, 0.4) is 0 Å². The summed E-state index contributed by atoms with van der Waals surface area (Å²) in [7, 11) is 0. The van der Waals surface area contributed by atoms with Gasteiger partial charge in [0.2, 0.25) is 0 Å². The number of anilines is 1. The average Bonchev–Trinajstić information content (AvgIpc) is 2.93. The van der Waals surface area contributed by atoms with Gasteiger partial charge in [-0.05, 0) is 24.6 Å². The smallest absolute Gasteiger partial charge is 0.123 e. The van der Waals surface area contributed by atoms with Crippen LogP contribution in [-0.2, 0) is 6.54 Å². The molecule has 2 N–H and O–H groups in total. The third-order valence-electron chi connectivity index (χ3n) is 3.12. The van der Waals surface area contributed by atoms with Gasteiger partial charge >= 0.3 is 0 Å². The lowest BCUT2D eigenvalue weighted by Crippen LogP contribution is -2.06. The molecule has 0 saturated carbocycles. The Morgan fingerprint density at radius 3 is 2.82 bits per heavy atom. The van der Waals surface area contributed by atoms with Crippen molar-refractivity contribution in [1.82, 2.24) is 9.78 Å². The molecule has 1 heterocycles. The number of rotatable bonds is 8. The average molecular weight is 322 g/mol. The molecule has 1 unspecified atom stereocenters. The number of aromatic nitrogens is 2. The molecule has 0 saturated heterocycles. The van der Waals surface area contributed by atoms with E-state index in [1.165, 1.54) is 0 Å². The van der Waals surface area contributed by atoms with Crippen molar-refractivity contribution < 1.29 is 9.84 Å². The van der Waals surface area contributed by atoms with Crippen LogP contribution in [0.5, 0.6) is 5.75 Å². The van der Waals surface area contributed by atoms with Gasteiger partial charge in [-0.1, -0.05) is 30.3 Å². The molecular weight excluding hydrogens is 302 g/mol. The number of benzene rings is 1. The number of ether oxygens (including phenoxy) is 1. The Morgan fingerprint density at radius 2 is 2.18 bits per heavy atom. The van der Waals surface area contributed by atoms with Crippen molar-refractivity contribution in [3.8, 4) is 5.75 Å². The quantitative estimate of drug-likeness (QED) is 0.784. The summed E-state index contributed by atoms with van der Waals surface area (Å²) in [5, 5.41) is 16.9. The van der Waals surface area contributed by atoms with E-state index in [1.54, 1.807) is 10.9 Å². The van der Waals surface area contributed by atoms with Crippen molar-refractivity contribution in [2.45, 2.75) is 19.5 Å². The van der Waals surface area contributed by atoms with E-state index in [4.69, 9.17) is 21.4 Å². The van der Waals surface area contributed by atoms with Gasteiger partial charge in [0.25, 0.3) is 0 Å². The molecule has 0 aliphatic carbocycles. The fraction of sp³-hybridized carbons (Fsp3) is 0.312. The Bertz CT molecular complexity index is 610. The molecule has 0 radical (unpaired) electrons. The van der Waals surface area contributed by atoms with Crippen LogP contribution >= 0.6 is 11.6 Å². The van der Waals surface area contributed by atoms with Gasteiger partial charge < -0.3 is 15.2 Å². The van der Waals surface area contributed by atoms with Gasteiger partial charge in [-0.25, -0.2) is 0 Å². The SMILES string of the molecule is C=C(Cl)COc1ccc(C(C)Nc2cnn(CCO)c2)cc1. The monoisotopic (exact) mass is 321 g/mol. The van der Waals surface area contributed by atoms with Crippen LogP contribution < -0.4 is 10.1 Å². The second kappa shape index (κ2) is 7.87. The van der Waals surface area contributed by atoms with Crippen LogP contribution in [0.1, 0.15) is 18.5 Å². The predicted octanol–water partition coefficient (Wildman–Crippen LogP) is 3.18. The van der Waals surface area contributed by atoms with E-state index in [0.717, 1.165) is 17.0 Å². The Kier molecular flexibility index (Phi) is 5.86. The lowest BCUT2D eigenvalue weighted by Gasteiger charge is -2.14. The molecule has 22 heavy (non-hydrogen) atoms. The Labute approximate surface area is 135 Å². The van der Waals surface area contributed by atoms with E-state index >= 15 is 0 Å². The minimum atomic E-state index is 0.0763. The lowest BCUT2D eigenvalue weighted by molar-refractivity contribution is 0.269. The lowest BCUT2D eigenvalue weighted by atomic mass is 10.1. The Morgan fingerprint density at radius 1 is 1.45 bits per heavy atom. The Hall–Kier alpha value is -1.98. The summed E-state index contributed by atoms with van der Waals surface area (Å²) in [5.41, 5.74) is 2.05. The standard InChI is InChI=1S/C16H20ClN3O2/c1-12(17)11-22-16-5-3-14(4-6-16)13(2)19-15-9-18-20(10-15)7-8-21/h3-6,9-10,13,19,21H,1,7-8,11H2,2H3. The largest absolute Gasteiger partial charge is 0.488 e. The van der Waals surface area contributed by atoms with Gasteiger partial charge in [0, 0.05) is 17.3 Å². The molecule has 1 aromatic carbocycles. The minimum Gasteiger partial charge on any atom is -0.488 e. The third-order valence-corrected chi connectivity index (χ3v) is 3.23. The molecule has 2 aromatic rings. The molecule has 2 rings (SSSR count). The van der Waals surface area contributed by atoms with Crippen molar-refractivity contribution in [1.29, 1.82) is 0 Å². The number of hydrogen-bond acceptors (Lipinski definition) is 4. The van der Waals surface area contributed by atoms with Crippen molar-refractivity contribution in [3.63, 3.8) is 0 Å². The molecule has 0 amide bonds. The van der Waals surface area contributed by atoms with E-state index in [0.29, 0.717) is 18.2 Å². The van der Waals surface area contributed by atoms with Crippen LogP contribution in [0.25, 0.3) is 0 Å². The molecule has 0 spiro atoms. The fourth-order valence-electron chi connectivity index (χ4n) is 2.01. The third kappa shape index (κ3) is 4.79. The summed E-state index contributed by atoms with van der Waals surface area (Å²) in [6.07, 6.45) is 3.62. The van der Waals surface area contributed by atoms with Crippen LogP contribution in [0.2, 0.25) is 0 Å². The topological polar surface area (TPSA) is 59.3 Å². The first-order chi connectivity index (χ1) is 10.6. The molecule has 0 aliphatic rings. The maximum Gasteiger partial charge on any atom is 0.123 e. The van der Waals surface area contributed by atoms with E-state index in [-0.39, 0.29) is 12.6 Å². The van der Waals surface area contributed by atoms with Crippen molar-refractivity contribution >= 4 is 17.3 Å². The van der Waals surface area contributed by atoms with Crippen molar-refractivity contribution in [2.75, 3.05) is 18.5 Å². The zero-order valence-corrected chi connectivity index (χ0v) is 13.3. The first-order valence-corrected chi connectivity index (χ1v) is 7.42. The van der Waals surface area contributed by atoms with Crippen LogP contribution in [0.4, 0.5) is 5.69 Å². The van der Waals surface area contributed by atoms with Crippen molar-refractivity contribution in [2.24, 2.45) is 0 Å². The van der Waals surface area contributed by atoms with Gasteiger partial charge in [0.1, 0.15) is 12.4 Å². The summed E-state index contributed by atoms with van der Waals surface area (Å²) in [6.45, 7) is 6.53. The van der Waals surface area contributed by atoms with E-state index in [9.17, 15) is 0 Å². The van der Waals surface area contributed by atoms with Crippen LogP contribution in [0, 0.1) is 0 Å². The maximum absolute atomic E-state index is 8.89. The zero-order chi connectivity index (χ0) is 15.9. The summed E-state index contributed by atoms with van der Waals surface area (Å²) in [6, 6.07) is 7.94. The van der Waals surface area contributed by atoms with Gasteiger partial charge in [-0.2, -0.15) is 5.10 Å². The summed E-state index contributed by atoms with van der Waals surface area (Å²) >= 11 is 5.67. The fourth-order valence-corrected chi connectivity index (χ4v) is 2.07. The van der Waals surface area contributed by atoms with E-state index < -0.39 is 0 Å². The number of aliphatic hydroxyl groups is 1. The summed E-state index contributed by atoms with van der Waals surface area (Å²) in [5.74, 6) is 0.758. The van der Waals surface area contributed by atoms with E-state index in [2.05, 4.69) is 23.9 Å². The predicted molar refractivity (Wildman–Crippen MR) is 88.3 cm³/mol. The molecule has 1 atom stereocenters. The number of aliphatic hydroxyl groups excluding tert-OH is 1. The van der Waals surface area contributed by atoms with Crippen LogP contribution in [0.15, 0.2) is 48.3 Å². The molecule has 5 nitrogen and oxygen atoms in total. The molecule has 0 aliphatic heterocycles. The minimum absolute atomic E-state index is 0.0763. The first-order valence-electron chi connectivity index (χ1n) is 7.04. The van der Waals surface area contributed by atoms with Gasteiger partial charge in [0.05, 0.1) is 25.0 Å². The van der Waals surface area contributed by atoms with Crippen molar-refractivity contribution in [3.05, 3.63) is 53.8 Å².